The van der Waals surface area contributed by atoms with Crippen LogP contribution in [0.15, 0.2) is 47.6 Å². The minimum absolute atomic E-state index is 0.0619. The molecule has 0 saturated carbocycles. The molecule has 112 valence electrons. The number of benzene rings is 1. The quantitative estimate of drug-likeness (QED) is 0.746. The normalized spacial score (nSPS) is 14.4. The first-order chi connectivity index (χ1) is 11.2. The third-order valence-electron chi connectivity index (χ3n) is 3.55. The molecular weight excluding hydrogens is 312 g/mol. The molecule has 0 amide bonds. The van der Waals surface area contributed by atoms with Crippen molar-refractivity contribution >= 4 is 35.3 Å². The molecule has 6 heteroatoms. The Morgan fingerprint density at radius 3 is 2.78 bits per heavy atom. The molecule has 0 radical (unpaired) electrons. The van der Waals surface area contributed by atoms with Crippen LogP contribution in [0.2, 0.25) is 5.02 Å². The van der Waals surface area contributed by atoms with Gasteiger partial charge in [0.25, 0.3) is 0 Å². The molecule has 4 rings (SSSR count). The summed E-state index contributed by atoms with van der Waals surface area (Å²) in [6.45, 7) is 0. The van der Waals surface area contributed by atoms with Crippen molar-refractivity contribution in [2.24, 2.45) is 4.99 Å². The molecular formula is C17H11ClN4O. The lowest BCUT2D eigenvalue weighted by Gasteiger charge is -1.98. The summed E-state index contributed by atoms with van der Waals surface area (Å²) in [5.41, 5.74) is 3.16. The summed E-state index contributed by atoms with van der Waals surface area (Å²) >= 11 is 5.89. The predicted molar refractivity (Wildman–Crippen MR) is 91.0 cm³/mol. The Morgan fingerprint density at radius 2 is 1.96 bits per heavy atom. The van der Waals surface area contributed by atoms with Crippen LogP contribution in [0.4, 0.5) is 5.82 Å². The average Bonchev–Trinajstić information content (AvgIpc) is 3.13. The number of aliphatic imine (C=N–C) groups is 1. The molecule has 0 spiro atoms. The molecule has 3 aromatic rings. The van der Waals surface area contributed by atoms with E-state index in [4.69, 9.17) is 11.6 Å². The highest BCUT2D eigenvalue weighted by Gasteiger charge is 2.15. The number of halogens is 1. The van der Waals surface area contributed by atoms with E-state index in [1.807, 2.05) is 24.3 Å². The maximum absolute atomic E-state index is 10.1. The van der Waals surface area contributed by atoms with Crippen LogP contribution >= 0.6 is 11.6 Å². The summed E-state index contributed by atoms with van der Waals surface area (Å²) in [6.07, 6.45) is 5.23. The molecule has 2 N–H and O–H groups in total. The molecule has 1 aromatic carbocycles. The maximum Gasteiger partial charge on any atom is 0.237 e. The third kappa shape index (κ3) is 2.51. The van der Waals surface area contributed by atoms with Crippen molar-refractivity contribution in [3.05, 3.63) is 58.9 Å². The van der Waals surface area contributed by atoms with Gasteiger partial charge in [0.2, 0.25) is 5.88 Å². The van der Waals surface area contributed by atoms with Gasteiger partial charge >= 0.3 is 0 Å². The minimum Gasteiger partial charge on any atom is -0.492 e. The van der Waals surface area contributed by atoms with E-state index >= 15 is 0 Å². The summed E-state index contributed by atoms with van der Waals surface area (Å²) in [6, 6.07) is 11.0. The smallest absolute Gasteiger partial charge is 0.237 e. The van der Waals surface area contributed by atoms with Gasteiger partial charge in [-0.2, -0.15) is 4.98 Å². The molecule has 0 atom stereocenters. The van der Waals surface area contributed by atoms with E-state index in [-0.39, 0.29) is 5.88 Å². The van der Waals surface area contributed by atoms with Gasteiger partial charge in [0, 0.05) is 34.1 Å². The van der Waals surface area contributed by atoms with Gasteiger partial charge in [-0.15, -0.1) is 0 Å². The zero-order valence-corrected chi connectivity index (χ0v) is 12.6. The zero-order valence-electron chi connectivity index (χ0n) is 11.9. The second-order valence-corrected chi connectivity index (χ2v) is 5.50. The van der Waals surface area contributed by atoms with Crippen LogP contribution < -0.4 is 0 Å². The van der Waals surface area contributed by atoms with Crippen LogP contribution in [0.25, 0.3) is 23.0 Å². The van der Waals surface area contributed by atoms with Gasteiger partial charge in [-0.3, -0.25) is 0 Å². The number of H-pyrrole nitrogens is 1. The number of allylic oxidation sites excluding steroid dienone is 1. The van der Waals surface area contributed by atoms with E-state index in [2.05, 4.69) is 19.9 Å². The molecule has 0 fully saturated rings. The second kappa shape index (κ2) is 5.37. The SMILES string of the molecule is Oc1nc(-c2ccc(Cl)cc2)[nH]c1C=C1C=Nc2ncccc21. The summed E-state index contributed by atoms with van der Waals surface area (Å²) in [7, 11) is 0. The summed E-state index contributed by atoms with van der Waals surface area (Å²) < 4.78 is 0. The van der Waals surface area contributed by atoms with E-state index in [1.165, 1.54) is 0 Å². The van der Waals surface area contributed by atoms with Crippen LogP contribution in [-0.2, 0) is 0 Å². The van der Waals surface area contributed by atoms with Crippen molar-refractivity contribution in [3.63, 3.8) is 0 Å². The maximum atomic E-state index is 10.1. The Kier molecular flexibility index (Phi) is 3.20. The standard InChI is InChI=1S/C17H11ClN4O/c18-12-5-3-10(4-6-12)15-21-14(17(23)22-15)8-11-9-20-16-13(11)2-1-7-19-16/h1-9,23H,(H,21,22). The van der Waals surface area contributed by atoms with Crippen molar-refractivity contribution in [1.29, 1.82) is 0 Å². The molecule has 0 saturated heterocycles. The summed E-state index contributed by atoms with van der Waals surface area (Å²) in [5.74, 6) is 1.19. The van der Waals surface area contributed by atoms with Crippen LogP contribution in [0.3, 0.4) is 0 Å². The molecule has 0 aliphatic carbocycles. The van der Waals surface area contributed by atoms with Crippen LogP contribution in [0.5, 0.6) is 5.88 Å². The van der Waals surface area contributed by atoms with Crippen molar-refractivity contribution in [1.82, 2.24) is 15.0 Å². The Labute approximate surface area is 137 Å². The lowest BCUT2D eigenvalue weighted by Crippen LogP contribution is -1.83. The fourth-order valence-corrected chi connectivity index (χ4v) is 2.54. The number of hydrogen-bond donors (Lipinski definition) is 2. The number of aromatic nitrogens is 3. The van der Waals surface area contributed by atoms with E-state index in [9.17, 15) is 5.11 Å². The third-order valence-corrected chi connectivity index (χ3v) is 3.80. The van der Waals surface area contributed by atoms with Gasteiger partial charge in [0.05, 0.1) is 0 Å². The average molecular weight is 323 g/mol. The van der Waals surface area contributed by atoms with E-state index in [0.717, 1.165) is 16.7 Å². The fourth-order valence-electron chi connectivity index (χ4n) is 2.42. The highest BCUT2D eigenvalue weighted by molar-refractivity contribution is 6.30. The van der Waals surface area contributed by atoms with Crippen molar-refractivity contribution in [2.75, 3.05) is 0 Å². The van der Waals surface area contributed by atoms with Crippen molar-refractivity contribution in [3.8, 4) is 17.3 Å². The monoisotopic (exact) mass is 322 g/mol. The number of aromatic hydroxyl groups is 1. The second-order valence-electron chi connectivity index (χ2n) is 5.06. The molecule has 2 aromatic heterocycles. The van der Waals surface area contributed by atoms with E-state index < -0.39 is 0 Å². The van der Waals surface area contributed by atoms with Gasteiger partial charge < -0.3 is 10.1 Å². The predicted octanol–water partition coefficient (Wildman–Crippen LogP) is 4.09. The molecule has 0 bridgehead atoms. The lowest BCUT2D eigenvalue weighted by atomic mass is 10.1. The van der Waals surface area contributed by atoms with E-state index in [0.29, 0.717) is 22.4 Å². The Bertz CT molecular complexity index is 941. The molecule has 23 heavy (non-hydrogen) atoms. The van der Waals surface area contributed by atoms with Crippen molar-refractivity contribution in [2.45, 2.75) is 0 Å². The highest BCUT2D eigenvalue weighted by Crippen LogP contribution is 2.32. The fraction of sp³-hybridized carbons (Fsp3) is 0. The van der Waals surface area contributed by atoms with Gasteiger partial charge in [0.15, 0.2) is 5.82 Å². The zero-order chi connectivity index (χ0) is 15.8. The Morgan fingerprint density at radius 1 is 1.13 bits per heavy atom. The number of hydrogen-bond acceptors (Lipinski definition) is 4. The number of aromatic amines is 1. The number of nitrogens with one attached hydrogen (secondary N) is 1. The highest BCUT2D eigenvalue weighted by atomic mass is 35.5. The minimum atomic E-state index is -0.0619. The number of rotatable bonds is 2. The first-order valence-corrected chi connectivity index (χ1v) is 7.34. The number of fused-ring (bicyclic) bond motifs is 1. The van der Waals surface area contributed by atoms with Gasteiger partial charge in [-0.05, 0) is 42.5 Å². The molecule has 1 aliphatic heterocycles. The van der Waals surface area contributed by atoms with Crippen LogP contribution in [0, 0.1) is 0 Å². The van der Waals surface area contributed by atoms with Gasteiger partial charge in [-0.1, -0.05) is 11.6 Å². The van der Waals surface area contributed by atoms with Gasteiger partial charge in [0.1, 0.15) is 11.5 Å². The lowest BCUT2D eigenvalue weighted by molar-refractivity contribution is 0.455. The number of nitrogens with zero attached hydrogens (tertiary/aromatic N) is 3. The van der Waals surface area contributed by atoms with Gasteiger partial charge in [-0.25, -0.2) is 9.98 Å². The summed E-state index contributed by atoms with van der Waals surface area (Å²) in [4.78, 5) is 15.7. The largest absolute Gasteiger partial charge is 0.492 e. The molecule has 1 aliphatic rings. The molecule has 5 nitrogen and oxygen atoms in total. The van der Waals surface area contributed by atoms with E-state index in [1.54, 1.807) is 30.6 Å². The Hall–Kier alpha value is -2.92. The first-order valence-electron chi connectivity index (χ1n) is 6.97. The van der Waals surface area contributed by atoms with Crippen molar-refractivity contribution < 1.29 is 5.11 Å². The van der Waals surface area contributed by atoms with Crippen LogP contribution in [0.1, 0.15) is 11.3 Å². The number of imidazole rings is 1. The number of pyridine rings is 1. The topological polar surface area (TPSA) is 74.2 Å². The van der Waals surface area contributed by atoms with Crippen LogP contribution in [-0.4, -0.2) is 26.3 Å². The summed E-state index contributed by atoms with van der Waals surface area (Å²) in [5, 5.41) is 10.7. The Balaban J connectivity index is 1.73. The molecule has 0 unspecified atom stereocenters. The molecule has 3 heterocycles. The first kappa shape index (κ1) is 13.7.